The quantitative estimate of drug-likeness (QED) is 0.489. The standard InChI is InChI=1S/C25H30N6O4/c1-4-5-18(32)7-9-21(33)30-12-10-17(11-13-30)31-25-22(24(26)27-15-28-25)23(29-31)16-6-8-19(34-2)20(14-16)35-3/h4-6,8,14-15,17H,7,9-13H2,1-3H3,(H2,26,27,28)/b5-4+. The van der Waals surface area contributed by atoms with Crippen molar-refractivity contribution in [3.63, 3.8) is 0 Å². The van der Waals surface area contributed by atoms with E-state index in [0.29, 0.717) is 47.1 Å². The van der Waals surface area contributed by atoms with E-state index in [1.54, 1.807) is 27.2 Å². The lowest BCUT2D eigenvalue weighted by Crippen LogP contribution is -2.39. The second kappa shape index (κ2) is 10.5. The van der Waals surface area contributed by atoms with Crippen molar-refractivity contribution < 1.29 is 19.1 Å². The second-order valence-corrected chi connectivity index (χ2v) is 8.40. The monoisotopic (exact) mass is 478 g/mol. The molecule has 1 aromatic carbocycles. The highest BCUT2D eigenvalue weighted by atomic mass is 16.5. The van der Waals surface area contributed by atoms with Gasteiger partial charge in [-0.3, -0.25) is 9.59 Å². The van der Waals surface area contributed by atoms with Crippen molar-refractivity contribution in [3.8, 4) is 22.8 Å². The van der Waals surface area contributed by atoms with Crippen LogP contribution in [0.15, 0.2) is 36.7 Å². The number of amides is 1. The fourth-order valence-corrected chi connectivity index (χ4v) is 4.45. The lowest BCUT2D eigenvalue weighted by Gasteiger charge is -2.32. The van der Waals surface area contributed by atoms with Crippen LogP contribution < -0.4 is 15.2 Å². The smallest absolute Gasteiger partial charge is 0.223 e. The van der Waals surface area contributed by atoms with E-state index in [0.717, 1.165) is 18.4 Å². The number of anilines is 1. The number of allylic oxidation sites excluding steroid dienone is 2. The minimum absolute atomic E-state index is 0.00390. The summed E-state index contributed by atoms with van der Waals surface area (Å²) in [6, 6.07) is 5.63. The number of hydrogen-bond donors (Lipinski definition) is 1. The Hall–Kier alpha value is -3.95. The van der Waals surface area contributed by atoms with Gasteiger partial charge < -0.3 is 20.1 Å². The summed E-state index contributed by atoms with van der Waals surface area (Å²) in [6.45, 7) is 2.97. The molecule has 0 unspecified atom stereocenters. The van der Waals surface area contributed by atoms with Crippen LogP contribution in [0.1, 0.15) is 38.6 Å². The van der Waals surface area contributed by atoms with Gasteiger partial charge >= 0.3 is 0 Å². The van der Waals surface area contributed by atoms with E-state index < -0.39 is 0 Å². The molecular formula is C25H30N6O4. The summed E-state index contributed by atoms with van der Waals surface area (Å²) >= 11 is 0. The molecule has 4 rings (SSSR count). The van der Waals surface area contributed by atoms with Crippen molar-refractivity contribution in [2.45, 2.75) is 38.6 Å². The van der Waals surface area contributed by atoms with E-state index in [1.807, 2.05) is 27.8 Å². The number of nitrogens with zero attached hydrogens (tertiary/aromatic N) is 5. The first-order valence-corrected chi connectivity index (χ1v) is 11.6. The molecule has 2 aromatic heterocycles. The summed E-state index contributed by atoms with van der Waals surface area (Å²) in [5.74, 6) is 1.53. The first-order chi connectivity index (χ1) is 17.0. The minimum atomic E-state index is -0.0290. The Morgan fingerprint density at radius 2 is 1.86 bits per heavy atom. The molecule has 1 saturated heterocycles. The lowest BCUT2D eigenvalue weighted by molar-refractivity contribution is -0.133. The molecule has 1 aliphatic heterocycles. The molecule has 0 bridgehead atoms. The zero-order chi connectivity index (χ0) is 24.9. The van der Waals surface area contributed by atoms with Crippen molar-refractivity contribution in [3.05, 3.63) is 36.7 Å². The number of carbonyl (C=O) groups is 2. The molecule has 0 radical (unpaired) electrons. The number of aromatic nitrogens is 4. The highest BCUT2D eigenvalue weighted by Gasteiger charge is 2.28. The van der Waals surface area contributed by atoms with Gasteiger partial charge in [0.05, 0.1) is 25.6 Å². The number of nitrogen functional groups attached to an aromatic ring is 1. The van der Waals surface area contributed by atoms with Crippen molar-refractivity contribution in [2.24, 2.45) is 0 Å². The van der Waals surface area contributed by atoms with Gasteiger partial charge in [-0.15, -0.1) is 0 Å². The van der Waals surface area contributed by atoms with Crippen LogP contribution in [0.3, 0.4) is 0 Å². The Balaban J connectivity index is 1.57. The normalized spacial score (nSPS) is 14.5. The van der Waals surface area contributed by atoms with E-state index in [1.165, 1.54) is 12.4 Å². The Kier molecular flexibility index (Phi) is 7.28. The average molecular weight is 479 g/mol. The molecule has 1 amide bonds. The van der Waals surface area contributed by atoms with Crippen molar-refractivity contribution in [1.82, 2.24) is 24.6 Å². The number of benzene rings is 1. The molecule has 0 spiro atoms. The number of ether oxygens (including phenoxy) is 2. The van der Waals surface area contributed by atoms with Gasteiger partial charge in [0.2, 0.25) is 5.91 Å². The molecule has 3 aromatic rings. The molecule has 35 heavy (non-hydrogen) atoms. The maximum atomic E-state index is 12.6. The van der Waals surface area contributed by atoms with Gasteiger partial charge in [-0.2, -0.15) is 5.10 Å². The van der Waals surface area contributed by atoms with Crippen molar-refractivity contribution >= 4 is 28.5 Å². The number of nitrogens with two attached hydrogens (primary N) is 1. The molecule has 2 N–H and O–H groups in total. The number of methoxy groups -OCH3 is 2. The highest BCUT2D eigenvalue weighted by molar-refractivity contribution is 5.98. The van der Waals surface area contributed by atoms with Crippen LogP contribution in [0.25, 0.3) is 22.3 Å². The summed E-state index contributed by atoms with van der Waals surface area (Å²) in [6.07, 6.45) is 6.55. The third-order valence-electron chi connectivity index (χ3n) is 6.28. The first-order valence-electron chi connectivity index (χ1n) is 11.6. The van der Waals surface area contributed by atoms with E-state index in [9.17, 15) is 9.59 Å². The molecule has 0 saturated carbocycles. The Morgan fingerprint density at radius 3 is 2.54 bits per heavy atom. The van der Waals surface area contributed by atoms with E-state index in [2.05, 4.69) is 9.97 Å². The summed E-state index contributed by atoms with van der Waals surface area (Å²) < 4.78 is 12.7. The van der Waals surface area contributed by atoms with Crippen molar-refractivity contribution in [2.75, 3.05) is 33.0 Å². The van der Waals surface area contributed by atoms with Gasteiger partial charge in [-0.05, 0) is 44.0 Å². The van der Waals surface area contributed by atoms with Crippen LogP contribution in [-0.2, 0) is 9.59 Å². The van der Waals surface area contributed by atoms with Gasteiger partial charge in [0.15, 0.2) is 22.9 Å². The Labute approximate surface area is 203 Å². The van der Waals surface area contributed by atoms with Gasteiger partial charge in [-0.1, -0.05) is 6.08 Å². The number of rotatable bonds is 8. The van der Waals surface area contributed by atoms with E-state index in [-0.39, 0.29) is 30.6 Å². The summed E-state index contributed by atoms with van der Waals surface area (Å²) in [5, 5.41) is 5.59. The van der Waals surface area contributed by atoms with Crippen molar-refractivity contribution in [1.29, 1.82) is 0 Å². The number of hydrogen-bond acceptors (Lipinski definition) is 8. The van der Waals surface area contributed by atoms with Crippen LogP contribution in [0.4, 0.5) is 5.82 Å². The van der Waals surface area contributed by atoms with Gasteiger partial charge in [-0.25, -0.2) is 14.6 Å². The molecular weight excluding hydrogens is 448 g/mol. The first kappa shape index (κ1) is 24.2. The largest absolute Gasteiger partial charge is 0.493 e. The fraction of sp³-hybridized carbons (Fsp3) is 0.400. The molecule has 1 fully saturated rings. The third kappa shape index (κ3) is 4.96. The van der Waals surface area contributed by atoms with Crippen LogP contribution in [0.2, 0.25) is 0 Å². The SMILES string of the molecule is C/C=C/C(=O)CCC(=O)N1CCC(n2nc(-c3ccc(OC)c(OC)c3)c3c(N)ncnc32)CC1. The number of ketones is 1. The van der Waals surface area contributed by atoms with Crippen LogP contribution in [0.5, 0.6) is 11.5 Å². The molecule has 0 atom stereocenters. The predicted octanol–water partition coefficient (Wildman–Crippen LogP) is 3.18. The summed E-state index contributed by atoms with van der Waals surface area (Å²) in [5.41, 5.74) is 8.39. The van der Waals surface area contributed by atoms with Gasteiger partial charge in [0, 0.05) is 31.5 Å². The Bertz CT molecular complexity index is 1260. The van der Waals surface area contributed by atoms with Crippen LogP contribution in [0, 0.1) is 0 Å². The van der Waals surface area contributed by atoms with Gasteiger partial charge in [0.1, 0.15) is 17.8 Å². The van der Waals surface area contributed by atoms with Gasteiger partial charge in [0.25, 0.3) is 0 Å². The maximum Gasteiger partial charge on any atom is 0.223 e. The Morgan fingerprint density at radius 1 is 1.11 bits per heavy atom. The van der Waals surface area contributed by atoms with E-state index in [4.69, 9.17) is 20.3 Å². The van der Waals surface area contributed by atoms with Crippen LogP contribution in [-0.4, -0.2) is 63.6 Å². The molecule has 0 aliphatic carbocycles. The highest BCUT2D eigenvalue weighted by Crippen LogP contribution is 2.37. The molecule has 10 nitrogen and oxygen atoms in total. The van der Waals surface area contributed by atoms with Crippen LogP contribution >= 0.6 is 0 Å². The molecule has 1 aliphatic rings. The molecule has 10 heteroatoms. The number of carbonyl (C=O) groups excluding carboxylic acids is 2. The predicted molar refractivity (Wildman–Crippen MR) is 132 cm³/mol. The number of piperidine rings is 1. The fourth-order valence-electron chi connectivity index (χ4n) is 4.45. The molecule has 184 valence electrons. The summed E-state index contributed by atoms with van der Waals surface area (Å²) in [7, 11) is 3.17. The average Bonchev–Trinajstić information content (AvgIpc) is 3.28. The molecule has 3 heterocycles. The number of likely N-dealkylation sites (tertiary alicyclic amines) is 1. The maximum absolute atomic E-state index is 12.6. The zero-order valence-electron chi connectivity index (χ0n) is 20.2. The van der Waals surface area contributed by atoms with E-state index >= 15 is 0 Å². The lowest BCUT2D eigenvalue weighted by atomic mass is 10.0. The zero-order valence-corrected chi connectivity index (χ0v) is 20.2. The summed E-state index contributed by atoms with van der Waals surface area (Å²) in [4.78, 5) is 34.8. The third-order valence-corrected chi connectivity index (χ3v) is 6.28. The minimum Gasteiger partial charge on any atom is -0.493 e. The second-order valence-electron chi connectivity index (χ2n) is 8.40. The topological polar surface area (TPSA) is 125 Å². The number of fused-ring (bicyclic) bond motifs is 1.